The molecule has 2 aliphatic rings. The van der Waals surface area contributed by atoms with Crippen LogP contribution in [0.4, 0.5) is 18.9 Å². The highest BCUT2D eigenvalue weighted by molar-refractivity contribution is 6.30. The number of nitro groups is 1. The summed E-state index contributed by atoms with van der Waals surface area (Å²) in [4.78, 5) is 30.1. The maximum Gasteiger partial charge on any atom is 0.416 e. The van der Waals surface area contributed by atoms with Crippen LogP contribution in [0.1, 0.15) is 35.3 Å². The molecule has 8 nitrogen and oxygen atoms in total. The Hall–Kier alpha value is -2.73. The van der Waals surface area contributed by atoms with Gasteiger partial charge in [-0.25, -0.2) is 0 Å². The van der Waals surface area contributed by atoms with Crippen LogP contribution in [0.3, 0.4) is 0 Å². The number of rotatable bonds is 7. The molecule has 2 aromatic rings. The van der Waals surface area contributed by atoms with Crippen LogP contribution in [0, 0.1) is 10.1 Å². The molecule has 2 heterocycles. The largest absolute Gasteiger partial charge is 0.416 e. The van der Waals surface area contributed by atoms with Crippen molar-refractivity contribution in [2.45, 2.75) is 44.7 Å². The van der Waals surface area contributed by atoms with Crippen LogP contribution >= 0.6 is 11.6 Å². The number of halogens is 4. The van der Waals surface area contributed by atoms with Crippen LogP contribution in [0.15, 0.2) is 42.5 Å². The fourth-order valence-electron chi connectivity index (χ4n) is 5.38. The zero-order valence-corrected chi connectivity index (χ0v) is 22.6. The predicted molar refractivity (Wildman–Crippen MR) is 141 cm³/mol. The standard InChI is InChI=1S/C27H32ClF3N4O4/c1-18-15-33(16-19(2)39-18)8-7-32-9-10-34(25(17-32)11-20-3-5-23(28)6-4-20)26(36)21-12-22(27(29,30)31)14-24(13-21)35(37)38/h3-6,12-14,18-19,25H,7-11,15-17H2,1-2H3/t18?,19?,25-/m1/s1. The number of non-ortho nitro benzene ring substituents is 1. The summed E-state index contributed by atoms with van der Waals surface area (Å²) in [5.41, 5.74) is -1.41. The predicted octanol–water partition coefficient (Wildman–Crippen LogP) is 4.75. The summed E-state index contributed by atoms with van der Waals surface area (Å²) in [7, 11) is 0. The number of morpholine rings is 1. The highest BCUT2D eigenvalue weighted by atomic mass is 35.5. The molecule has 0 radical (unpaired) electrons. The van der Waals surface area contributed by atoms with Crippen molar-refractivity contribution in [3.05, 3.63) is 74.3 Å². The Balaban J connectivity index is 1.55. The maximum atomic E-state index is 13.6. The van der Waals surface area contributed by atoms with E-state index >= 15 is 0 Å². The van der Waals surface area contributed by atoms with Crippen LogP contribution in [0.2, 0.25) is 5.02 Å². The van der Waals surface area contributed by atoms with Crippen molar-refractivity contribution >= 4 is 23.2 Å². The van der Waals surface area contributed by atoms with Gasteiger partial charge in [-0.15, -0.1) is 0 Å². The van der Waals surface area contributed by atoms with E-state index in [2.05, 4.69) is 9.80 Å². The van der Waals surface area contributed by atoms with E-state index < -0.39 is 28.3 Å². The van der Waals surface area contributed by atoms with E-state index in [1.165, 1.54) is 0 Å². The van der Waals surface area contributed by atoms with E-state index in [0.29, 0.717) is 36.7 Å². The average molecular weight is 569 g/mol. The summed E-state index contributed by atoms with van der Waals surface area (Å²) in [6.07, 6.45) is -4.06. The molecule has 0 spiro atoms. The van der Waals surface area contributed by atoms with Gasteiger partial charge in [-0.3, -0.25) is 24.7 Å². The average Bonchev–Trinajstić information content (AvgIpc) is 2.87. The van der Waals surface area contributed by atoms with Crippen LogP contribution in [-0.4, -0.2) is 89.6 Å². The maximum absolute atomic E-state index is 13.6. The van der Waals surface area contributed by atoms with Gasteiger partial charge in [0.1, 0.15) is 0 Å². The summed E-state index contributed by atoms with van der Waals surface area (Å²) in [5.74, 6) is -0.654. The summed E-state index contributed by atoms with van der Waals surface area (Å²) in [5, 5.41) is 11.9. The summed E-state index contributed by atoms with van der Waals surface area (Å²) >= 11 is 6.03. The van der Waals surface area contributed by atoms with Crippen LogP contribution in [-0.2, 0) is 17.3 Å². The molecular weight excluding hydrogens is 537 g/mol. The topological polar surface area (TPSA) is 79.2 Å². The number of alkyl halides is 3. The van der Waals surface area contributed by atoms with Crippen molar-refractivity contribution in [2.75, 3.05) is 45.8 Å². The molecule has 0 N–H and O–H groups in total. The van der Waals surface area contributed by atoms with Crippen molar-refractivity contribution in [3.63, 3.8) is 0 Å². The second-order valence-corrected chi connectivity index (χ2v) is 10.8. The Bertz CT molecular complexity index is 1170. The summed E-state index contributed by atoms with van der Waals surface area (Å²) in [6, 6.07) is 8.94. The van der Waals surface area contributed by atoms with Gasteiger partial charge in [0.2, 0.25) is 0 Å². The van der Waals surface area contributed by atoms with Gasteiger partial charge in [0.25, 0.3) is 11.6 Å². The summed E-state index contributed by atoms with van der Waals surface area (Å²) in [6.45, 7) is 8.73. The van der Waals surface area contributed by atoms with E-state index in [1.54, 1.807) is 17.0 Å². The highest BCUT2D eigenvalue weighted by Gasteiger charge is 2.36. The van der Waals surface area contributed by atoms with Crippen molar-refractivity contribution in [3.8, 4) is 0 Å². The molecule has 39 heavy (non-hydrogen) atoms. The lowest BCUT2D eigenvalue weighted by molar-refractivity contribution is -0.385. The summed E-state index contributed by atoms with van der Waals surface area (Å²) < 4.78 is 46.2. The van der Waals surface area contributed by atoms with Gasteiger partial charge in [0.15, 0.2) is 0 Å². The number of hydrogen-bond donors (Lipinski definition) is 0. The molecule has 0 bridgehead atoms. The number of hydrogen-bond acceptors (Lipinski definition) is 6. The first kappa shape index (κ1) is 29.3. The molecule has 0 aromatic heterocycles. The van der Waals surface area contributed by atoms with Crippen molar-refractivity contribution in [1.29, 1.82) is 0 Å². The molecule has 3 atom stereocenters. The second-order valence-electron chi connectivity index (χ2n) is 10.3. The van der Waals surface area contributed by atoms with Gasteiger partial charge < -0.3 is 9.64 Å². The lowest BCUT2D eigenvalue weighted by Gasteiger charge is -2.43. The fraction of sp³-hybridized carbons (Fsp3) is 0.519. The van der Waals surface area contributed by atoms with E-state index in [4.69, 9.17) is 16.3 Å². The van der Waals surface area contributed by atoms with Gasteiger partial charge in [-0.1, -0.05) is 23.7 Å². The third kappa shape index (κ3) is 7.69. The molecular formula is C27H32ClF3N4O4. The molecule has 2 fully saturated rings. The number of ether oxygens (including phenoxy) is 1. The Morgan fingerprint density at radius 3 is 2.28 bits per heavy atom. The van der Waals surface area contributed by atoms with Crippen LogP contribution in [0.5, 0.6) is 0 Å². The number of piperazine rings is 1. The smallest absolute Gasteiger partial charge is 0.373 e. The molecule has 1 amide bonds. The molecule has 0 saturated carbocycles. The van der Waals surface area contributed by atoms with E-state index in [-0.39, 0.29) is 30.4 Å². The van der Waals surface area contributed by atoms with Crippen molar-refractivity contribution < 1.29 is 27.6 Å². The number of carbonyl (C=O) groups excluding carboxylic acids is 1. The van der Waals surface area contributed by atoms with Crippen LogP contribution in [0.25, 0.3) is 0 Å². The molecule has 4 rings (SSSR count). The number of carbonyl (C=O) groups is 1. The first-order valence-electron chi connectivity index (χ1n) is 12.9. The van der Waals surface area contributed by atoms with Crippen molar-refractivity contribution in [2.24, 2.45) is 0 Å². The van der Waals surface area contributed by atoms with E-state index in [9.17, 15) is 28.1 Å². The van der Waals surface area contributed by atoms with E-state index in [0.717, 1.165) is 37.8 Å². The Morgan fingerprint density at radius 1 is 1.03 bits per heavy atom. The van der Waals surface area contributed by atoms with Gasteiger partial charge in [-0.05, 0) is 44.0 Å². The second kappa shape index (κ2) is 12.2. The van der Waals surface area contributed by atoms with Gasteiger partial charge in [0, 0.05) is 74.6 Å². The lowest BCUT2D eigenvalue weighted by atomic mass is 10.00. The third-order valence-electron chi connectivity index (χ3n) is 7.14. The molecule has 12 heteroatoms. The number of nitrogens with zero attached hydrogens (tertiary/aromatic N) is 4. The van der Waals surface area contributed by atoms with Crippen LogP contribution < -0.4 is 0 Å². The minimum atomic E-state index is -4.82. The fourth-order valence-corrected chi connectivity index (χ4v) is 5.50. The van der Waals surface area contributed by atoms with Gasteiger partial charge in [0.05, 0.1) is 22.7 Å². The molecule has 2 aliphatic heterocycles. The molecule has 0 aliphatic carbocycles. The van der Waals surface area contributed by atoms with Gasteiger partial charge in [-0.2, -0.15) is 13.2 Å². The van der Waals surface area contributed by atoms with E-state index in [1.807, 2.05) is 26.0 Å². The highest BCUT2D eigenvalue weighted by Crippen LogP contribution is 2.33. The molecule has 212 valence electrons. The lowest BCUT2D eigenvalue weighted by Crippen LogP contribution is -2.57. The molecule has 2 aromatic carbocycles. The Kier molecular flexibility index (Phi) is 9.15. The monoisotopic (exact) mass is 568 g/mol. The zero-order valence-electron chi connectivity index (χ0n) is 21.9. The normalized spacial score (nSPS) is 23.1. The minimum Gasteiger partial charge on any atom is -0.373 e. The molecule has 2 unspecified atom stereocenters. The Labute approximate surface area is 230 Å². The SMILES string of the molecule is CC1CN(CCN2CCN(C(=O)c3cc([N+](=O)[O-])cc(C(F)(F)F)c3)[C@H](Cc3ccc(Cl)cc3)C2)CC(C)O1. The minimum absolute atomic E-state index is 0.150. The first-order valence-corrected chi connectivity index (χ1v) is 13.3. The molecule has 2 saturated heterocycles. The third-order valence-corrected chi connectivity index (χ3v) is 7.39. The Morgan fingerprint density at radius 2 is 1.67 bits per heavy atom. The first-order chi connectivity index (χ1) is 18.4. The number of nitro benzene ring substituents is 1. The van der Waals surface area contributed by atoms with Gasteiger partial charge >= 0.3 is 6.18 Å². The zero-order chi connectivity index (χ0) is 28.3. The quantitative estimate of drug-likeness (QED) is 0.354. The number of amides is 1. The van der Waals surface area contributed by atoms with Crippen molar-refractivity contribution in [1.82, 2.24) is 14.7 Å². The number of benzene rings is 2.